The van der Waals surface area contributed by atoms with Crippen molar-refractivity contribution in [2.45, 2.75) is 471 Å². The minimum absolute atomic E-state index is 0.109. The van der Waals surface area contributed by atoms with Crippen LogP contribution in [0, 0.1) is 11.8 Å². The van der Waals surface area contributed by atoms with Crippen molar-refractivity contribution in [3.63, 3.8) is 0 Å². The highest BCUT2D eigenvalue weighted by molar-refractivity contribution is 7.47. The Hall–Kier alpha value is -1.94. The number of carbonyl (C=O) groups is 4. The van der Waals surface area contributed by atoms with Gasteiger partial charge in [0.25, 0.3) is 0 Å². The topological polar surface area (TPSA) is 237 Å². The van der Waals surface area contributed by atoms with Crippen LogP contribution < -0.4 is 0 Å². The second-order valence-electron chi connectivity index (χ2n) is 31.5. The van der Waals surface area contributed by atoms with Gasteiger partial charge >= 0.3 is 39.5 Å². The number of ether oxygens (including phenoxy) is 4. The van der Waals surface area contributed by atoms with Crippen LogP contribution in [-0.4, -0.2) is 96.7 Å². The highest BCUT2D eigenvalue weighted by Gasteiger charge is 2.30. The van der Waals surface area contributed by atoms with Gasteiger partial charge in [0.05, 0.1) is 26.4 Å². The van der Waals surface area contributed by atoms with Gasteiger partial charge in [0.15, 0.2) is 12.2 Å². The van der Waals surface area contributed by atoms with Crippen LogP contribution in [0.15, 0.2) is 0 Å². The molecule has 0 aliphatic heterocycles. The number of phosphoric ester groups is 2. The van der Waals surface area contributed by atoms with Gasteiger partial charge in [0.1, 0.15) is 19.3 Å². The average Bonchev–Trinajstić information content (AvgIpc) is 0.906. The standard InChI is InChI=1S/C85H166O17P2/c1-7-9-11-13-15-17-18-19-20-21-22-30-35-40-45-51-57-63-69-84(89)101-80(73-95-82(87)67-61-55-49-16-14-12-10-8-2)75-99-103(91,92)97-71-79(86)72-98-104(93,94)100-76-81(102-85(90)70-64-58-52-46-41-36-31-26-24-28-33-38-43-48-54-60-66-78(5)6)74-96-83(88)68-62-56-50-44-39-34-29-25-23-27-32-37-42-47-53-59-65-77(3)4/h77-81,86H,7-76H2,1-6H3,(H,91,92)(H,93,94)/t79-,80+,81+/m0/s1. The van der Waals surface area contributed by atoms with Crippen LogP contribution in [0.25, 0.3) is 0 Å². The summed E-state index contributed by atoms with van der Waals surface area (Å²) >= 11 is 0. The van der Waals surface area contributed by atoms with Crippen LogP contribution in [0.3, 0.4) is 0 Å². The molecule has 5 atom stereocenters. The van der Waals surface area contributed by atoms with E-state index in [-0.39, 0.29) is 25.7 Å². The molecule has 0 aromatic rings. The Morgan fingerprint density at radius 1 is 0.260 bits per heavy atom. The average molecular weight is 1520 g/mol. The van der Waals surface area contributed by atoms with Crippen molar-refractivity contribution in [2.24, 2.45) is 11.8 Å². The van der Waals surface area contributed by atoms with Crippen molar-refractivity contribution in [1.82, 2.24) is 0 Å². The van der Waals surface area contributed by atoms with Gasteiger partial charge in [-0.15, -0.1) is 0 Å². The second-order valence-corrected chi connectivity index (χ2v) is 34.4. The fraction of sp³-hybridized carbons (Fsp3) is 0.953. The molecular weight excluding hydrogens is 1350 g/mol. The number of hydrogen-bond donors (Lipinski definition) is 3. The Kier molecular flexibility index (Phi) is 75.0. The molecule has 0 aliphatic carbocycles. The summed E-state index contributed by atoms with van der Waals surface area (Å²) in [7, 11) is -9.92. The minimum Gasteiger partial charge on any atom is -0.462 e. The molecule has 0 aromatic carbocycles. The molecule has 3 N–H and O–H groups in total. The lowest BCUT2D eigenvalue weighted by Crippen LogP contribution is -2.30. The maximum atomic E-state index is 13.1. The molecule has 0 saturated carbocycles. The number of carbonyl (C=O) groups excluding carboxylic acids is 4. The van der Waals surface area contributed by atoms with Gasteiger partial charge in [-0.2, -0.15) is 0 Å². The molecule has 0 spiro atoms. The first-order chi connectivity index (χ1) is 50.4. The Morgan fingerprint density at radius 3 is 0.654 bits per heavy atom. The highest BCUT2D eigenvalue weighted by atomic mass is 31.2. The molecule has 618 valence electrons. The second kappa shape index (κ2) is 76.4. The zero-order valence-electron chi connectivity index (χ0n) is 68.3. The van der Waals surface area contributed by atoms with E-state index in [0.717, 1.165) is 108 Å². The van der Waals surface area contributed by atoms with Crippen LogP contribution in [-0.2, 0) is 65.4 Å². The maximum absolute atomic E-state index is 13.1. The lowest BCUT2D eigenvalue weighted by Gasteiger charge is -2.21. The smallest absolute Gasteiger partial charge is 0.462 e. The number of esters is 4. The summed E-state index contributed by atoms with van der Waals surface area (Å²) < 4.78 is 68.8. The van der Waals surface area contributed by atoms with E-state index in [2.05, 4.69) is 41.5 Å². The van der Waals surface area contributed by atoms with Crippen LogP contribution in [0.4, 0.5) is 0 Å². The first kappa shape index (κ1) is 102. The largest absolute Gasteiger partial charge is 0.472 e. The molecule has 0 fully saturated rings. The Labute approximate surface area is 638 Å². The number of phosphoric acid groups is 2. The van der Waals surface area contributed by atoms with Crippen molar-refractivity contribution in [1.29, 1.82) is 0 Å². The SMILES string of the molecule is CCCCCCCCCCCCCCCCCCCCC(=O)O[C@H](COC(=O)CCCCCCCCCC)COP(=O)(O)OC[C@H](O)COP(=O)(O)OC[C@@H](COC(=O)CCCCCCCCCCCCCCCCCCC(C)C)OC(=O)CCCCCCCCCCCCCCCCCCC(C)C. The molecule has 0 amide bonds. The zero-order valence-corrected chi connectivity index (χ0v) is 70.1. The molecule has 0 radical (unpaired) electrons. The summed E-state index contributed by atoms with van der Waals surface area (Å²) in [6.45, 7) is 9.70. The van der Waals surface area contributed by atoms with E-state index < -0.39 is 97.5 Å². The first-order valence-electron chi connectivity index (χ1n) is 44.0. The third kappa shape index (κ3) is 78.2. The summed E-state index contributed by atoms with van der Waals surface area (Å²) in [6, 6.07) is 0. The number of aliphatic hydroxyl groups excluding tert-OH is 1. The first-order valence-corrected chi connectivity index (χ1v) is 47.0. The Bertz CT molecular complexity index is 1990. The van der Waals surface area contributed by atoms with E-state index in [4.69, 9.17) is 37.0 Å². The fourth-order valence-electron chi connectivity index (χ4n) is 13.2. The molecule has 0 bridgehead atoms. The van der Waals surface area contributed by atoms with Crippen molar-refractivity contribution in [3.8, 4) is 0 Å². The van der Waals surface area contributed by atoms with E-state index in [0.29, 0.717) is 25.7 Å². The summed E-state index contributed by atoms with van der Waals surface area (Å²) in [5.74, 6) is -0.483. The van der Waals surface area contributed by atoms with Crippen LogP contribution in [0.1, 0.15) is 452 Å². The molecule has 17 nitrogen and oxygen atoms in total. The van der Waals surface area contributed by atoms with Crippen molar-refractivity contribution < 1.29 is 80.2 Å². The molecule has 19 heteroatoms. The van der Waals surface area contributed by atoms with Gasteiger partial charge in [0.2, 0.25) is 0 Å². The quantitative estimate of drug-likeness (QED) is 0.0222. The van der Waals surface area contributed by atoms with Gasteiger partial charge in [-0.1, -0.05) is 401 Å². The fourth-order valence-corrected chi connectivity index (χ4v) is 14.8. The maximum Gasteiger partial charge on any atom is 0.472 e. The molecule has 0 aliphatic rings. The molecule has 0 rings (SSSR count). The summed E-state index contributed by atoms with van der Waals surface area (Å²) in [5.41, 5.74) is 0. The van der Waals surface area contributed by atoms with Gasteiger partial charge in [-0.05, 0) is 37.5 Å². The van der Waals surface area contributed by atoms with Gasteiger partial charge in [0, 0.05) is 25.7 Å². The van der Waals surface area contributed by atoms with E-state index in [9.17, 15) is 43.2 Å². The number of unbranched alkanes of at least 4 members (excludes halogenated alkanes) is 54. The number of rotatable bonds is 84. The van der Waals surface area contributed by atoms with Crippen molar-refractivity contribution >= 4 is 39.5 Å². The van der Waals surface area contributed by atoms with Gasteiger partial charge < -0.3 is 33.8 Å². The van der Waals surface area contributed by atoms with Gasteiger partial charge in [-0.3, -0.25) is 37.3 Å². The lowest BCUT2D eigenvalue weighted by molar-refractivity contribution is -0.161. The summed E-state index contributed by atoms with van der Waals surface area (Å²) in [6.07, 6.45) is 68.1. The Morgan fingerprint density at radius 2 is 0.442 bits per heavy atom. The van der Waals surface area contributed by atoms with Crippen molar-refractivity contribution in [3.05, 3.63) is 0 Å². The molecule has 0 heterocycles. The third-order valence-corrected chi connectivity index (χ3v) is 21.9. The Balaban J connectivity index is 5.19. The molecule has 0 saturated heterocycles. The number of aliphatic hydroxyl groups is 1. The number of hydrogen-bond acceptors (Lipinski definition) is 15. The molecule has 0 aromatic heterocycles. The molecule has 104 heavy (non-hydrogen) atoms. The lowest BCUT2D eigenvalue weighted by atomic mass is 10.0. The third-order valence-electron chi connectivity index (χ3n) is 20.0. The van der Waals surface area contributed by atoms with E-state index >= 15 is 0 Å². The summed E-state index contributed by atoms with van der Waals surface area (Å²) in [4.78, 5) is 73.1. The normalized spacial score (nSPS) is 13.8. The monoisotopic (exact) mass is 1520 g/mol. The van der Waals surface area contributed by atoms with Gasteiger partial charge in [-0.25, -0.2) is 9.13 Å². The predicted octanol–water partition coefficient (Wildman–Crippen LogP) is 25.8. The molecule has 2 unspecified atom stereocenters. The van der Waals surface area contributed by atoms with E-state index in [1.54, 1.807) is 0 Å². The highest BCUT2D eigenvalue weighted by Crippen LogP contribution is 2.45. The zero-order chi connectivity index (χ0) is 76.4. The predicted molar refractivity (Wildman–Crippen MR) is 428 cm³/mol. The van der Waals surface area contributed by atoms with E-state index in [1.165, 1.54) is 263 Å². The van der Waals surface area contributed by atoms with Crippen LogP contribution >= 0.6 is 15.6 Å². The van der Waals surface area contributed by atoms with Crippen molar-refractivity contribution in [2.75, 3.05) is 39.6 Å². The summed E-state index contributed by atoms with van der Waals surface area (Å²) in [5, 5.41) is 10.7. The van der Waals surface area contributed by atoms with E-state index in [1.807, 2.05) is 0 Å². The minimum atomic E-state index is -4.96. The van der Waals surface area contributed by atoms with Crippen LogP contribution in [0.2, 0.25) is 0 Å². The molecular formula is C85H166O17P2. The van der Waals surface area contributed by atoms with Crippen LogP contribution in [0.5, 0.6) is 0 Å².